The Morgan fingerprint density at radius 1 is 1.25 bits per heavy atom. The van der Waals surface area contributed by atoms with Crippen molar-refractivity contribution < 1.29 is 0 Å². The molecule has 2 atom stereocenters. The Morgan fingerprint density at radius 3 is 2.55 bits per heavy atom. The van der Waals surface area contributed by atoms with Crippen molar-refractivity contribution in [3.05, 3.63) is 64.4 Å². The Labute approximate surface area is 129 Å². The molecular formula is C16H20BrN3. The fraction of sp³-hybridized carbons (Fsp3) is 0.312. The lowest BCUT2D eigenvalue weighted by atomic mass is 9.99. The van der Waals surface area contributed by atoms with Crippen molar-refractivity contribution in [2.24, 2.45) is 5.73 Å². The maximum absolute atomic E-state index is 6.20. The number of hydrogen-bond acceptors (Lipinski definition) is 3. The van der Waals surface area contributed by atoms with Gasteiger partial charge in [-0.3, -0.25) is 9.88 Å². The van der Waals surface area contributed by atoms with Crippen LogP contribution in [0.2, 0.25) is 0 Å². The molecule has 2 rings (SSSR count). The van der Waals surface area contributed by atoms with E-state index < -0.39 is 0 Å². The van der Waals surface area contributed by atoms with Crippen LogP contribution in [0.1, 0.15) is 24.1 Å². The molecule has 0 spiro atoms. The van der Waals surface area contributed by atoms with Crippen LogP contribution in [0.4, 0.5) is 0 Å². The lowest BCUT2D eigenvalue weighted by molar-refractivity contribution is 0.211. The molecule has 20 heavy (non-hydrogen) atoms. The second kappa shape index (κ2) is 6.97. The zero-order valence-electron chi connectivity index (χ0n) is 11.8. The predicted octanol–water partition coefficient (Wildman–Crippen LogP) is 3.36. The van der Waals surface area contributed by atoms with E-state index in [9.17, 15) is 0 Å². The molecule has 0 fully saturated rings. The third kappa shape index (κ3) is 3.88. The molecule has 2 N–H and O–H groups in total. The molecule has 1 heterocycles. The monoisotopic (exact) mass is 333 g/mol. The third-order valence-corrected chi connectivity index (χ3v) is 3.84. The van der Waals surface area contributed by atoms with Gasteiger partial charge in [0.25, 0.3) is 0 Å². The highest BCUT2D eigenvalue weighted by Gasteiger charge is 2.21. The minimum absolute atomic E-state index is 0.0520. The quantitative estimate of drug-likeness (QED) is 0.912. The van der Waals surface area contributed by atoms with Crippen molar-refractivity contribution in [3.8, 4) is 0 Å². The molecule has 0 amide bonds. The average molecular weight is 334 g/mol. The van der Waals surface area contributed by atoms with E-state index in [4.69, 9.17) is 5.73 Å². The molecule has 106 valence electrons. The van der Waals surface area contributed by atoms with Crippen LogP contribution in [-0.2, 0) is 6.54 Å². The van der Waals surface area contributed by atoms with Gasteiger partial charge in [0.2, 0.25) is 0 Å². The molecule has 2 unspecified atom stereocenters. The molecule has 0 aliphatic heterocycles. The second-order valence-electron chi connectivity index (χ2n) is 5.13. The summed E-state index contributed by atoms with van der Waals surface area (Å²) < 4.78 is 1.08. The number of pyridine rings is 1. The van der Waals surface area contributed by atoms with Gasteiger partial charge < -0.3 is 5.73 Å². The molecule has 0 bridgehead atoms. The molecule has 2 aromatic rings. The highest BCUT2D eigenvalue weighted by atomic mass is 79.9. The van der Waals surface area contributed by atoms with Crippen LogP contribution in [0, 0.1) is 0 Å². The summed E-state index contributed by atoms with van der Waals surface area (Å²) in [7, 11) is 2.11. The smallest absolute Gasteiger partial charge is 0.0497 e. The topological polar surface area (TPSA) is 42.1 Å². The Hall–Kier alpha value is -1.23. The first kappa shape index (κ1) is 15.2. The number of nitrogens with two attached hydrogens (primary N) is 1. The molecule has 0 aliphatic rings. The van der Waals surface area contributed by atoms with E-state index in [1.165, 1.54) is 11.1 Å². The number of aromatic nitrogens is 1. The Kier molecular flexibility index (Phi) is 5.29. The summed E-state index contributed by atoms with van der Waals surface area (Å²) in [6, 6.07) is 12.7. The lowest BCUT2D eigenvalue weighted by Gasteiger charge is -2.31. The number of benzene rings is 1. The van der Waals surface area contributed by atoms with E-state index in [0.717, 1.165) is 11.0 Å². The molecule has 1 aromatic heterocycles. The number of halogens is 1. The van der Waals surface area contributed by atoms with Crippen molar-refractivity contribution in [3.63, 3.8) is 0 Å². The minimum Gasteiger partial charge on any atom is -0.326 e. The summed E-state index contributed by atoms with van der Waals surface area (Å²) >= 11 is 3.53. The van der Waals surface area contributed by atoms with E-state index in [2.05, 4.69) is 58.0 Å². The highest BCUT2D eigenvalue weighted by Crippen LogP contribution is 2.26. The van der Waals surface area contributed by atoms with Gasteiger partial charge in [-0.2, -0.15) is 0 Å². The molecule has 1 aromatic carbocycles. The van der Waals surface area contributed by atoms with Crippen molar-refractivity contribution in [2.45, 2.75) is 25.6 Å². The molecule has 0 saturated heterocycles. The van der Waals surface area contributed by atoms with Gasteiger partial charge in [-0.05, 0) is 49.4 Å². The largest absolute Gasteiger partial charge is 0.326 e. The van der Waals surface area contributed by atoms with Crippen LogP contribution < -0.4 is 5.73 Å². The van der Waals surface area contributed by atoms with Gasteiger partial charge in [-0.15, -0.1) is 0 Å². The van der Waals surface area contributed by atoms with Gasteiger partial charge in [0, 0.05) is 35.5 Å². The van der Waals surface area contributed by atoms with Crippen LogP contribution in [0.15, 0.2) is 53.3 Å². The fourth-order valence-corrected chi connectivity index (χ4v) is 2.94. The van der Waals surface area contributed by atoms with E-state index in [-0.39, 0.29) is 12.1 Å². The van der Waals surface area contributed by atoms with Gasteiger partial charge in [0.1, 0.15) is 0 Å². The molecular weight excluding hydrogens is 314 g/mol. The standard InChI is InChI=1S/C16H20BrN3/c1-12(18)16(14-4-3-5-15(17)10-14)20(2)11-13-6-8-19-9-7-13/h3-10,12,16H,11,18H2,1-2H3. The lowest BCUT2D eigenvalue weighted by Crippen LogP contribution is -2.36. The number of hydrogen-bond donors (Lipinski definition) is 1. The van der Waals surface area contributed by atoms with Crippen LogP contribution in [0.3, 0.4) is 0 Å². The molecule has 0 saturated carbocycles. The van der Waals surface area contributed by atoms with E-state index in [0.29, 0.717) is 0 Å². The van der Waals surface area contributed by atoms with Crippen LogP contribution in [-0.4, -0.2) is 23.0 Å². The molecule has 4 heteroatoms. The zero-order chi connectivity index (χ0) is 14.5. The second-order valence-corrected chi connectivity index (χ2v) is 6.05. The maximum atomic E-state index is 6.20. The Morgan fingerprint density at radius 2 is 1.95 bits per heavy atom. The number of rotatable bonds is 5. The maximum Gasteiger partial charge on any atom is 0.0497 e. The van der Waals surface area contributed by atoms with Gasteiger partial charge in [-0.25, -0.2) is 0 Å². The van der Waals surface area contributed by atoms with E-state index in [1.807, 2.05) is 30.6 Å². The minimum atomic E-state index is 0.0520. The van der Waals surface area contributed by atoms with Gasteiger partial charge >= 0.3 is 0 Å². The summed E-state index contributed by atoms with van der Waals surface area (Å²) in [5.74, 6) is 0. The van der Waals surface area contributed by atoms with E-state index >= 15 is 0 Å². The predicted molar refractivity (Wildman–Crippen MR) is 86.2 cm³/mol. The summed E-state index contributed by atoms with van der Waals surface area (Å²) in [6.45, 7) is 2.90. The van der Waals surface area contributed by atoms with Crippen molar-refractivity contribution in [1.82, 2.24) is 9.88 Å². The third-order valence-electron chi connectivity index (χ3n) is 3.34. The summed E-state index contributed by atoms with van der Waals surface area (Å²) in [4.78, 5) is 6.33. The summed E-state index contributed by atoms with van der Waals surface area (Å²) in [6.07, 6.45) is 3.65. The summed E-state index contributed by atoms with van der Waals surface area (Å²) in [5.41, 5.74) is 8.67. The SMILES string of the molecule is CC(N)C(c1cccc(Br)c1)N(C)Cc1ccncc1. The van der Waals surface area contributed by atoms with Crippen LogP contribution in [0.25, 0.3) is 0 Å². The van der Waals surface area contributed by atoms with Crippen LogP contribution >= 0.6 is 15.9 Å². The van der Waals surface area contributed by atoms with Crippen molar-refractivity contribution in [1.29, 1.82) is 0 Å². The summed E-state index contributed by atoms with van der Waals surface area (Å²) in [5, 5.41) is 0. The first-order valence-electron chi connectivity index (χ1n) is 6.68. The van der Waals surface area contributed by atoms with Gasteiger partial charge in [0.05, 0.1) is 0 Å². The van der Waals surface area contributed by atoms with Gasteiger partial charge in [-0.1, -0.05) is 28.1 Å². The Balaban J connectivity index is 2.20. The zero-order valence-corrected chi connectivity index (χ0v) is 13.4. The van der Waals surface area contributed by atoms with Crippen molar-refractivity contribution in [2.75, 3.05) is 7.05 Å². The Bertz CT molecular complexity index is 542. The normalized spacial score (nSPS) is 14.2. The van der Waals surface area contributed by atoms with Crippen LogP contribution in [0.5, 0.6) is 0 Å². The van der Waals surface area contributed by atoms with Crippen molar-refractivity contribution >= 4 is 15.9 Å². The van der Waals surface area contributed by atoms with E-state index in [1.54, 1.807) is 0 Å². The molecule has 0 radical (unpaired) electrons. The first-order valence-corrected chi connectivity index (χ1v) is 7.47. The van der Waals surface area contributed by atoms with Gasteiger partial charge in [0.15, 0.2) is 0 Å². The first-order chi connectivity index (χ1) is 9.58. The fourth-order valence-electron chi connectivity index (χ4n) is 2.52. The molecule has 0 aliphatic carbocycles. The number of nitrogens with zero attached hydrogens (tertiary/aromatic N) is 2. The highest BCUT2D eigenvalue weighted by molar-refractivity contribution is 9.10. The average Bonchev–Trinajstić information content (AvgIpc) is 2.39. The molecule has 3 nitrogen and oxygen atoms in total. The number of likely N-dealkylation sites (N-methyl/N-ethyl adjacent to an activating group) is 1.